The van der Waals surface area contributed by atoms with Gasteiger partial charge in [0.25, 0.3) is 0 Å². The molecule has 0 heterocycles. The second kappa shape index (κ2) is 7.12. The molecule has 0 amide bonds. The molecule has 0 saturated heterocycles. The lowest BCUT2D eigenvalue weighted by molar-refractivity contribution is 0.191. The van der Waals surface area contributed by atoms with Gasteiger partial charge in [0.1, 0.15) is 5.75 Å². The topological polar surface area (TPSA) is 30.5 Å². The van der Waals surface area contributed by atoms with E-state index in [2.05, 4.69) is 12.2 Å². The molecule has 0 aromatic heterocycles. The Morgan fingerprint density at radius 2 is 2.06 bits per heavy atom. The molecule has 3 heteroatoms. The molecule has 16 heavy (non-hydrogen) atoms. The lowest BCUT2D eigenvalue weighted by Crippen LogP contribution is -2.17. The molecule has 1 N–H and O–H groups in total. The van der Waals surface area contributed by atoms with Crippen molar-refractivity contribution in [1.82, 2.24) is 0 Å². The minimum Gasteiger partial charge on any atom is -0.492 e. The molecule has 90 valence electrons. The molecule has 1 aromatic rings. The maximum absolute atomic E-state index is 5.55. The number of rotatable bonds is 7. The van der Waals surface area contributed by atoms with Crippen LogP contribution < -0.4 is 10.1 Å². The Labute approximate surface area is 97.8 Å². The lowest BCUT2D eigenvalue weighted by Gasteiger charge is -2.17. The van der Waals surface area contributed by atoms with Crippen LogP contribution in [0, 0.1) is 0 Å². The van der Waals surface area contributed by atoms with Crippen LogP contribution in [0.5, 0.6) is 5.75 Å². The number of para-hydroxylation sites is 2. The van der Waals surface area contributed by atoms with Gasteiger partial charge in [-0.2, -0.15) is 0 Å². The van der Waals surface area contributed by atoms with E-state index in [1.165, 1.54) is 0 Å². The highest BCUT2D eigenvalue weighted by Gasteiger charge is 2.06. The zero-order valence-electron chi connectivity index (χ0n) is 10.3. The van der Waals surface area contributed by atoms with Crippen LogP contribution in [0.1, 0.15) is 20.3 Å². The van der Waals surface area contributed by atoms with Crippen LogP contribution in [0.25, 0.3) is 0 Å². The molecule has 0 aliphatic carbocycles. The molecule has 0 spiro atoms. The molecular weight excluding hydrogens is 202 g/mol. The Hall–Kier alpha value is -1.22. The Morgan fingerprint density at radius 1 is 1.31 bits per heavy atom. The van der Waals surface area contributed by atoms with Gasteiger partial charge in [-0.15, -0.1) is 0 Å². The Morgan fingerprint density at radius 3 is 2.75 bits per heavy atom. The van der Waals surface area contributed by atoms with Gasteiger partial charge in [-0.1, -0.05) is 12.1 Å². The zero-order chi connectivity index (χ0) is 11.8. The summed E-state index contributed by atoms with van der Waals surface area (Å²) in [6.07, 6.45) is 0.983. The molecule has 0 aliphatic heterocycles. The first-order valence-electron chi connectivity index (χ1n) is 5.75. The quantitative estimate of drug-likeness (QED) is 0.771. The SMILES string of the molecule is CCOc1ccccc1NC(C)CCOC. The second-order valence-corrected chi connectivity index (χ2v) is 3.76. The first-order valence-corrected chi connectivity index (χ1v) is 5.75. The van der Waals surface area contributed by atoms with E-state index in [9.17, 15) is 0 Å². The first-order chi connectivity index (χ1) is 7.77. The molecule has 3 nitrogen and oxygen atoms in total. The minimum absolute atomic E-state index is 0.376. The molecule has 0 aliphatic rings. The number of benzene rings is 1. The van der Waals surface area contributed by atoms with Crippen molar-refractivity contribution in [2.45, 2.75) is 26.3 Å². The summed E-state index contributed by atoms with van der Waals surface area (Å²) in [5.74, 6) is 0.911. The van der Waals surface area contributed by atoms with Gasteiger partial charge in [-0.25, -0.2) is 0 Å². The summed E-state index contributed by atoms with van der Waals surface area (Å²) in [5.41, 5.74) is 1.05. The van der Waals surface area contributed by atoms with Gasteiger partial charge in [-0.05, 0) is 32.4 Å². The Balaban J connectivity index is 2.57. The van der Waals surface area contributed by atoms with Crippen molar-refractivity contribution in [3.63, 3.8) is 0 Å². The molecule has 1 aromatic carbocycles. The van der Waals surface area contributed by atoms with Gasteiger partial charge in [0.15, 0.2) is 0 Å². The highest BCUT2D eigenvalue weighted by molar-refractivity contribution is 5.56. The Kier molecular flexibility index (Phi) is 5.72. The predicted octanol–water partition coefficient (Wildman–Crippen LogP) is 2.92. The molecule has 0 saturated carbocycles. The van der Waals surface area contributed by atoms with E-state index in [0.29, 0.717) is 12.6 Å². The van der Waals surface area contributed by atoms with Crippen molar-refractivity contribution < 1.29 is 9.47 Å². The monoisotopic (exact) mass is 223 g/mol. The molecule has 0 radical (unpaired) electrons. The normalized spacial score (nSPS) is 12.2. The highest BCUT2D eigenvalue weighted by Crippen LogP contribution is 2.24. The van der Waals surface area contributed by atoms with E-state index in [1.807, 2.05) is 31.2 Å². The maximum atomic E-state index is 5.55. The number of hydrogen-bond acceptors (Lipinski definition) is 3. The van der Waals surface area contributed by atoms with Crippen molar-refractivity contribution in [2.75, 3.05) is 25.6 Å². The van der Waals surface area contributed by atoms with E-state index in [4.69, 9.17) is 9.47 Å². The fraction of sp³-hybridized carbons (Fsp3) is 0.538. The summed E-state index contributed by atoms with van der Waals surface area (Å²) < 4.78 is 10.6. The molecule has 1 unspecified atom stereocenters. The van der Waals surface area contributed by atoms with Crippen molar-refractivity contribution in [3.05, 3.63) is 24.3 Å². The highest BCUT2D eigenvalue weighted by atomic mass is 16.5. The zero-order valence-corrected chi connectivity index (χ0v) is 10.3. The molecular formula is C13H21NO2. The Bertz CT molecular complexity index is 302. The van der Waals surface area contributed by atoms with Crippen LogP contribution in [0.4, 0.5) is 5.69 Å². The van der Waals surface area contributed by atoms with E-state index in [0.717, 1.165) is 24.5 Å². The molecule has 0 bridgehead atoms. The van der Waals surface area contributed by atoms with E-state index >= 15 is 0 Å². The van der Waals surface area contributed by atoms with Gasteiger partial charge >= 0.3 is 0 Å². The fourth-order valence-corrected chi connectivity index (χ4v) is 1.50. The summed E-state index contributed by atoms with van der Waals surface area (Å²) in [4.78, 5) is 0. The smallest absolute Gasteiger partial charge is 0.142 e. The number of ether oxygens (including phenoxy) is 2. The molecule has 0 fully saturated rings. The molecule has 1 rings (SSSR count). The third-order valence-corrected chi connectivity index (χ3v) is 2.34. The maximum Gasteiger partial charge on any atom is 0.142 e. The van der Waals surface area contributed by atoms with Crippen LogP contribution >= 0.6 is 0 Å². The molecule has 1 atom stereocenters. The summed E-state index contributed by atoms with van der Waals surface area (Å²) >= 11 is 0. The predicted molar refractivity (Wildman–Crippen MR) is 67.2 cm³/mol. The van der Waals surface area contributed by atoms with Gasteiger partial charge < -0.3 is 14.8 Å². The second-order valence-electron chi connectivity index (χ2n) is 3.76. The average molecular weight is 223 g/mol. The van der Waals surface area contributed by atoms with Gasteiger partial charge in [0.2, 0.25) is 0 Å². The number of hydrogen-bond donors (Lipinski definition) is 1. The summed E-state index contributed by atoms with van der Waals surface area (Å²) in [6, 6.07) is 8.38. The standard InChI is InChI=1S/C13H21NO2/c1-4-16-13-8-6-5-7-12(13)14-11(2)9-10-15-3/h5-8,11,14H,4,9-10H2,1-3H3. The average Bonchev–Trinajstić information content (AvgIpc) is 2.29. The van der Waals surface area contributed by atoms with Crippen LogP contribution in [0.2, 0.25) is 0 Å². The largest absolute Gasteiger partial charge is 0.492 e. The van der Waals surface area contributed by atoms with Crippen LogP contribution in [0.15, 0.2) is 24.3 Å². The van der Waals surface area contributed by atoms with Crippen LogP contribution in [-0.4, -0.2) is 26.4 Å². The van der Waals surface area contributed by atoms with Gasteiger partial charge in [0.05, 0.1) is 12.3 Å². The van der Waals surface area contributed by atoms with E-state index in [1.54, 1.807) is 7.11 Å². The van der Waals surface area contributed by atoms with Crippen molar-refractivity contribution in [2.24, 2.45) is 0 Å². The number of nitrogens with one attached hydrogen (secondary N) is 1. The van der Waals surface area contributed by atoms with E-state index in [-0.39, 0.29) is 0 Å². The van der Waals surface area contributed by atoms with E-state index < -0.39 is 0 Å². The summed E-state index contributed by atoms with van der Waals surface area (Å²) in [6.45, 7) is 5.59. The number of anilines is 1. The van der Waals surface area contributed by atoms with Crippen LogP contribution in [-0.2, 0) is 4.74 Å². The van der Waals surface area contributed by atoms with Crippen molar-refractivity contribution in [1.29, 1.82) is 0 Å². The number of methoxy groups -OCH3 is 1. The summed E-state index contributed by atoms with van der Waals surface area (Å²) in [7, 11) is 1.72. The first kappa shape index (κ1) is 12.8. The van der Waals surface area contributed by atoms with Crippen molar-refractivity contribution >= 4 is 5.69 Å². The van der Waals surface area contributed by atoms with Gasteiger partial charge in [-0.3, -0.25) is 0 Å². The summed E-state index contributed by atoms with van der Waals surface area (Å²) in [5, 5.41) is 3.43. The van der Waals surface area contributed by atoms with Crippen LogP contribution in [0.3, 0.4) is 0 Å². The third kappa shape index (κ3) is 4.11. The minimum atomic E-state index is 0.376. The van der Waals surface area contributed by atoms with Crippen molar-refractivity contribution in [3.8, 4) is 5.75 Å². The van der Waals surface area contributed by atoms with Gasteiger partial charge in [0, 0.05) is 19.8 Å². The third-order valence-electron chi connectivity index (χ3n) is 2.34. The lowest BCUT2D eigenvalue weighted by atomic mass is 10.2. The fourth-order valence-electron chi connectivity index (χ4n) is 1.50.